The Morgan fingerprint density at radius 2 is 2.15 bits per heavy atom. The molecule has 3 unspecified atom stereocenters. The maximum atomic E-state index is 4.35. The van der Waals surface area contributed by atoms with E-state index in [9.17, 15) is 0 Å². The van der Waals surface area contributed by atoms with Gasteiger partial charge in [0.15, 0.2) is 0 Å². The molecule has 1 heterocycles. The standard InChI is InChI=1S/C11H23NS/c1-4-11-6-5-10(3)12(11)7-9(2)8-13/h9-11,13H,4-8H2,1-3H3. The molecule has 1 rings (SSSR count). The number of hydrogen-bond acceptors (Lipinski definition) is 2. The summed E-state index contributed by atoms with van der Waals surface area (Å²) in [6, 6.07) is 1.64. The summed E-state index contributed by atoms with van der Waals surface area (Å²) in [6.07, 6.45) is 4.10. The Morgan fingerprint density at radius 3 is 2.69 bits per heavy atom. The number of rotatable bonds is 4. The maximum Gasteiger partial charge on any atom is 0.00961 e. The summed E-state index contributed by atoms with van der Waals surface area (Å²) in [4.78, 5) is 2.68. The zero-order valence-electron chi connectivity index (χ0n) is 9.16. The van der Waals surface area contributed by atoms with Crippen molar-refractivity contribution in [1.29, 1.82) is 0 Å². The van der Waals surface area contributed by atoms with Crippen molar-refractivity contribution in [3.8, 4) is 0 Å². The molecule has 1 fully saturated rings. The SMILES string of the molecule is CCC1CCC(C)N1CC(C)CS. The predicted octanol–water partition coefficient (Wildman–Crippen LogP) is 2.82. The van der Waals surface area contributed by atoms with Crippen LogP contribution in [0.4, 0.5) is 0 Å². The summed E-state index contributed by atoms with van der Waals surface area (Å²) in [5, 5.41) is 0. The Hall–Kier alpha value is 0.310. The minimum atomic E-state index is 0.734. The van der Waals surface area contributed by atoms with Crippen LogP contribution in [0.2, 0.25) is 0 Å². The van der Waals surface area contributed by atoms with Crippen LogP contribution in [0.25, 0.3) is 0 Å². The smallest absolute Gasteiger partial charge is 0.00961 e. The van der Waals surface area contributed by atoms with Gasteiger partial charge in [0.25, 0.3) is 0 Å². The summed E-state index contributed by atoms with van der Waals surface area (Å²) in [6.45, 7) is 8.20. The lowest BCUT2D eigenvalue weighted by Gasteiger charge is -2.29. The van der Waals surface area contributed by atoms with Gasteiger partial charge in [-0.25, -0.2) is 0 Å². The zero-order chi connectivity index (χ0) is 9.84. The van der Waals surface area contributed by atoms with E-state index in [1.54, 1.807) is 0 Å². The summed E-state index contributed by atoms with van der Waals surface area (Å²) < 4.78 is 0. The van der Waals surface area contributed by atoms with Gasteiger partial charge >= 0.3 is 0 Å². The van der Waals surface area contributed by atoms with Crippen molar-refractivity contribution in [3.63, 3.8) is 0 Å². The van der Waals surface area contributed by atoms with Crippen LogP contribution in [-0.4, -0.2) is 29.3 Å². The Kier molecular flexibility index (Phi) is 4.60. The van der Waals surface area contributed by atoms with Gasteiger partial charge in [-0.05, 0) is 37.9 Å². The molecule has 0 aliphatic carbocycles. The molecule has 0 saturated carbocycles. The highest BCUT2D eigenvalue weighted by molar-refractivity contribution is 7.80. The average Bonchev–Trinajstić information content (AvgIpc) is 2.48. The van der Waals surface area contributed by atoms with Gasteiger partial charge < -0.3 is 0 Å². The van der Waals surface area contributed by atoms with Gasteiger partial charge in [0.2, 0.25) is 0 Å². The fraction of sp³-hybridized carbons (Fsp3) is 1.00. The predicted molar refractivity (Wildman–Crippen MR) is 62.5 cm³/mol. The summed E-state index contributed by atoms with van der Waals surface area (Å²) in [5.41, 5.74) is 0. The van der Waals surface area contributed by atoms with E-state index in [-0.39, 0.29) is 0 Å². The van der Waals surface area contributed by atoms with E-state index in [0.29, 0.717) is 0 Å². The second-order valence-electron chi connectivity index (χ2n) is 4.47. The Labute approximate surface area is 88.3 Å². The lowest BCUT2D eigenvalue weighted by Crippen LogP contribution is -2.37. The van der Waals surface area contributed by atoms with Crippen molar-refractivity contribution < 1.29 is 0 Å². The van der Waals surface area contributed by atoms with Gasteiger partial charge in [0.05, 0.1) is 0 Å². The van der Waals surface area contributed by atoms with Gasteiger partial charge in [0.1, 0.15) is 0 Å². The first-order valence-electron chi connectivity index (χ1n) is 5.55. The van der Waals surface area contributed by atoms with Crippen LogP contribution in [0.1, 0.15) is 40.0 Å². The van der Waals surface area contributed by atoms with E-state index in [1.807, 2.05) is 0 Å². The molecule has 0 radical (unpaired) electrons. The van der Waals surface area contributed by atoms with Gasteiger partial charge in [-0.2, -0.15) is 12.6 Å². The molecule has 0 bridgehead atoms. The molecule has 0 spiro atoms. The van der Waals surface area contributed by atoms with Crippen LogP contribution < -0.4 is 0 Å². The first-order valence-corrected chi connectivity index (χ1v) is 6.18. The molecule has 0 amide bonds. The normalized spacial score (nSPS) is 32.3. The van der Waals surface area contributed by atoms with Gasteiger partial charge in [-0.1, -0.05) is 13.8 Å². The van der Waals surface area contributed by atoms with Crippen molar-refractivity contribution in [2.24, 2.45) is 5.92 Å². The molecule has 78 valence electrons. The van der Waals surface area contributed by atoms with Crippen LogP contribution in [0.3, 0.4) is 0 Å². The summed E-state index contributed by atoms with van der Waals surface area (Å²) in [7, 11) is 0. The second-order valence-corrected chi connectivity index (χ2v) is 4.84. The number of likely N-dealkylation sites (tertiary alicyclic amines) is 1. The lowest BCUT2D eigenvalue weighted by atomic mass is 10.1. The average molecular weight is 201 g/mol. The van der Waals surface area contributed by atoms with E-state index in [4.69, 9.17) is 0 Å². The number of nitrogens with zero attached hydrogens (tertiary/aromatic N) is 1. The molecule has 13 heavy (non-hydrogen) atoms. The quantitative estimate of drug-likeness (QED) is 0.685. The zero-order valence-corrected chi connectivity index (χ0v) is 10.1. The van der Waals surface area contributed by atoms with E-state index >= 15 is 0 Å². The van der Waals surface area contributed by atoms with Gasteiger partial charge in [-0.3, -0.25) is 4.90 Å². The molecule has 1 aliphatic heterocycles. The molecule has 1 nitrogen and oxygen atoms in total. The third-order valence-electron chi connectivity index (χ3n) is 3.26. The molecule has 0 aromatic carbocycles. The van der Waals surface area contributed by atoms with Crippen LogP contribution in [0.15, 0.2) is 0 Å². The highest BCUT2D eigenvalue weighted by Gasteiger charge is 2.29. The highest BCUT2D eigenvalue weighted by atomic mass is 32.1. The van der Waals surface area contributed by atoms with E-state index < -0.39 is 0 Å². The topological polar surface area (TPSA) is 3.24 Å². The third-order valence-corrected chi connectivity index (χ3v) is 3.88. The number of hydrogen-bond donors (Lipinski definition) is 1. The Bertz CT molecular complexity index is 149. The van der Waals surface area contributed by atoms with Crippen LogP contribution in [0, 0.1) is 5.92 Å². The van der Waals surface area contributed by atoms with Crippen LogP contribution >= 0.6 is 12.6 Å². The fourth-order valence-electron chi connectivity index (χ4n) is 2.31. The van der Waals surface area contributed by atoms with E-state index in [2.05, 4.69) is 38.3 Å². The second kappa shape index (κ2) is 5.26. The molecule has 0 aromatic heterocycles. The third kappa shape index (κ3) is 2.88. The first kappa shape index (κ1) is 11.4. The molecule has 3 atom stereocenters. The summed E-state index contributed by atoms with van der Waals surface area (Å²) in [5.74, 6) is 1.75. The number of thiol groups is 1. The minimum absolute atomic E-state index is 0.734. The van der Waals surface area contributed by atoms with Crippen molar-refractivity contribution in [3.05, 3.63) is 0 Å². The molecular formula is C11H23NS. The van der Waals surface area contributed by atoms with E-state index in [1.165, 1.54) is 25.8 Å². The maximum absolute atomic E-state index is 4.35. The minimum Gasteiger partial charge on any atom is -0.297 e. The lowest BCUT2D eigenvalue weighted by molar-refractivity contribution is 0.178. The molecule has 1 aliphatic rings. The van der Waals surface area contributed by atoms with Gasteiger partial charge in [0, 0.05) is 18.6 Å². The van der Waals surface area contributed by atoms with Crippen molar-refractivity contribution in [2.75, 3.05) is 12.3 Å². The molecular weight excluding hydrogens is 178 g/mol. The van der Waals surface area contributed by atoms with Crippen molar-refractivity contribution in [2.45, 2.75) is 52.1 Å². The molecule has 2 heteroatoms. The first-order chi connectivity index (χ1) is 6.19. The van der Waals surface area contributed by atoms with Crippen LogP contribution in [-0.2, 0) is 0 Å². The van der Waals surface area contributed by atoms with E-state index in [0.717, 1.165) is 23.8 Å². The summed E-state index contributed by atoms with van der Waals surface area (Å²) >= 11 is 4.35. The van der Waals surface area contributed by atoms with Crippen molar-refractivity contribution >= 4 is 12.6 Å². The fourth-order valence-corrected chi connectivity index (χ4v) is 2.43. The van der Waals surface area contributed by atoms with Gasteiger partial charge in [-0.15, -0.1) is 0 Å². The molecule has 1 saturated heterocycles. The highest BCUT2D eigenvalue weighted by Crippen LogP contribution is 2.26. The van der Waals surface area contributed by atoms with Crippen molar-refractivity contribution in [1.82, 2.24) is 4.90 Å². The Balaban J connectivity index is 2.44. The largest absolute Gasteiger partial charge is 0.297 e. The molecule has 0 N–H and O–H groups in total. The molecule has 0 aromatic rings. The van der Waals surface area contributed by atoms with Crippen LogP contribution in [0.5, 0.6) is 0 Å². The monoisotopic (exact) mass is 201 g/mol. The Morgan fingerprint density at radius 1 is 1.46 bits per heavy atom.